The number of aliphatic hydroxyl groups is 1. The van der Waals surface area contributed by atoms with Gasteiger partial charge in [-0.25, -0.2) is 19.9 Å². The Kier molecular flexibility index (Phi) is 12.1. The number of carbonyl (C=O) groups is 1. The number of benzene rings is 4. The molecule has 56 heavy (non-hydrogen) atoms. The molecule has 2 aromatic heterocycles. The minimum Gasteiger partial charge on any atom is -0.507 e. The lowest BCUT2D eigenvalue weighted by atomic mass is 10.1. The smallest absolute Gasteiger partial charge is 0.251 e. The van der Waals surface area contributed by atoms with Crippen LogP contribution in [0.25, 0.3) is 44.6 Å². The van der Waals surface area contributed by atoms with E-state index in [2.05, 4.69) is 40.2 Å². The summed E-state index contributed by atoms with van der Waals surface area (Å²) < 4.78 is 0. The molecule has 1 unspecified atom stereocenters. The third kappa shape index (κ3) is 8.65. The van der Waals surface area contributed by atoms with Gasteiger partial charge >= 0.3 is 0 Å². The van der Waals surface area contributed by atoms with Gasteiger partial charge in [0.1, 0.15) is 29.2 Å². The SMILES string of the molecule is CSCCC(O)C(=O)N1CCN(c2nc(-c3ccccc3O)nc3cc(C)ccc23)CC1.Cc1ccc2c(N3CCNCC3)nc(-c3ccccc3O)nc2c1. The van der Waals surface area contributed by atoms with Crippen LogP contribution < -0.4 is 15.1 Å². The van der Waals surface area contributed by atoms with E-state index in [1.165, 1.54) is 0 Å². The zero-order valence-electron chi connectivity index (χ0n) is 32.0. The van der Waals surface area contributed by atoms with Crippen molar-refractivity contribution in [1.29, 1.82) is 0 Å². The van der Waals surface area contributed by atoms with Crippen LogP contribution in [0.5, 0.6) is 11.5 Å². The van der Waals surface area contributed by atoms with E-state index in [-0.39, 0.29) is 17.4 Å². The molecule has 4 aromatic carbocycles. The van der Waals surface area contributed by atoms with Crippen molar-refractivity contribution in [3.05, 3.63) is 96.1 Å². The molecule has 8 rings (SSSR count). The number of carbonyl (C=O) groups excluding carboxylic acids is 1. The Morgan fingerprint density at radius 1 is 0.696 bits per heavy atom. The molecule has 0 radical (unpaired) electrons. The summed E-state index contributed by atoms with van der Waals surface area (Å²) in [6.45, 7) is 10.1. The number of phenols is 2. The number of aromatic nitrogens is 4. The summed E-state index contributed by atoms with van der Waals surface area (Å²) in [4.78, 5) is 37.8. The van der Waals surface area contributed by atoms with Crippen LogP contribution in [0.4, 0.5) is 11.6 Å². The van der Waals surface area contributed by atoms with E-state index in [1.807, 2.05) is 55.6 Å². The molecule has 4 heterocycles. The molecule has 4 N–H and O–H groups in total. The first-order chi connectivity index (χ1) is 27.2. The molecule has 2 aliphatic heterocycles. The molecule has 13 heteroatoms. The number of fused-ring (bicyclic) bond motifs is 2. The lowest BCUT2D eigenvalue weighted by Crippen LogP contribution is -2.51. The van der Waals surface area contributed by atoms with Gasteiger partial charge in [0.15, 0.2) is 11.6 Å². The summed E-state index contributed by atoms with van der Waals surface area (Å²) in [5.74, 6) is 3.69. The van der Waals surface area contributed by atoms with Crippen molar-refractivity contribution in [3.8, 4) is 34.3 Å². The average molecular weight is 773 g/mol. The van der Waals surface area contributed by atoms with Crippen molar-refractivity contribution in [2.45, 2.75) is 26.4 Å². The zero-order chi connectivity index (χ0) is 39.2. The van der Waals surface area contributed by atoms with Gasteiger partial charge in [-0.1, -0.05) is 36.4 Å². The number of nitrogens with one attached hydrogen (secondary N) is 1. The first-order valence-electron chi connectivity index (χ1n) is 19.0. The predicted molar refractivity (Wildman–Crippen MR) is 226 cm³/mol. The van der Waals surface area contributed by atoms with Crippen LogP contribution in [0, 0.1) is 13.8 Å². The van der Waals surface area contributed by atoms with Gasteiger partial charge < -0.3 is 35.3 Å². The number of rotatable bonds is 8. The van der Waals surface area contributed by atoms with Gasteiger partial charge in [-0.05, 0) is 91.9 Å². The number of hydrogen-bond acceptors (Lipinski definition) is 12. The highest BCUT2D eigenvalue weighted by molar-refractivity contribution is 7.98. The standard InChI is InChI=1S/C24H28N4O3S.C19H20N4O/c1-16-7-8-17-19(15-16)25-22(18-5-3-4-6-20(18)29)26-23(17)27-10-12-28(13-11-27)24(31)21(30)9-14-32-2;1-13-6-7-14-16(12-13)21-18(15-4-2-3-5-17(15)24)22-19(14)23-10-8-20-9-11-23/h3-8,15,21,29-30H,9-14H2,1-2H3;2-7,12,20,24H,8-11H2,1H3. The molecule has 290 valence electrons. The van der Waals surface area contributed by atoms with E-state index >= 15 is 0 Å². The first kappa shape index (κ1) is 38.8. The summed E-state index contributed by atoms with van der Waals surface area (Å²) in [6.07, 6.45) is 1.50. The number of aliphatic hydroxyl groups excluding tert-OH is 1. The molecule has 2 aliphatic rings. The number of thioether (sulfide) groups is 1. The van der Waals surface area contributed by atoms with E-state index in [0.717, 1.165) is 76.5 Å². The van der Waals surface area contributed by atoms with Crippen LogP contribution in [0.2, 0.25) is 0 Å². The first-order valence-corrected chi connectivity index (χ1v) is 20.4. The third-order valence-electron chi connectivity index (χ3n) is 10.1. The van der Waals surface area contributed by atoms with Gasteiger partial charge in [-0.2, -0.15) is 11.8 Å². The second kappa shape index (κ2) is 17.5. The molecule has 1 atom stereocenters. The monoisotopic (exact) mass is 772 g/mol. The van der Waals surface area contributed by atoms with Crippen molar-refractivity contribution in [1.82, 2.24) is 30.2 Å². The Morgan fingerprint density at radius 3 is 1.66 bits per heavy atom. The van der Waals surface area contributed by atoms with Crippen molar-refractivity contribution in [3.63, 3.8) is 0 Å². The molecular weight excluding hydrogens is 725 g/mol. The average Bonchev–Trinajstić information content (AvgIpc) is 3.22. The molecule has 0 bridgehead atoms. The second-order valence-corrected chi connectivity index (χ2v) is 15.1. The zero-order valence-corrected chi connectivity index (χ0v) is 32.8. The number of phenolic OH excluding ortho intramolecular Hbond substituents is 2. The van der Waals surface area contributed by atoms with Gasteiger partial charge in [0.25, 0.3) is 5.91 Å². The summed E-state index contributed by atoms with van der Waals surface area (Å²) in [6, 6.07) is 26.6. The van der Waals surface area contributed by atoms with Crippen molar-refractivity contribution < 1.29 is 20.1 Å². The van der Waals surface area contributed by atoms with E-state index < -0.39 is 6.10 Å². The molecule has 1 amide bonds. The fourth-order valence-corrected chi connectivity index (χ4v) is 7.53. The van der Waals surface area contributed by atoms with Crippen LogP contribution in [-0.2, 0) is 4.79 Å². The van der Waals surface area contributed by atoms with Crippen LogP contribution in [0.3, 0.4) is 0 Å². The number of aryl methyl sites for hydroxylation is 2. The van der Waals surface area contributed by atoms with E-state index in [1.54, 1.807) is 40.9 Å². The largest absolute Gasteiger partial charge is 0.507 e. The third-order valence-corrected chi connectivity index (χ3v) is 10.8. The Bertz CT molecular complexity index is 2330. The Morgan fingerprint density at radius 2 is 1.18 bits per heavy atom. The minimum atomic E-state index is -0.940. The fraction of sp³-hybridized carbons (Fsp3) is 0.326. The van der Waals surface area contributed by atoms with Crippen LogP contribution in [0.15, 0.2) is 84.9 Å². The maximum atomic E-state index is 12.6. The predicted octanol–water partition coefficient (Wildman–Crippen LogP) is 5.79. The van der Waals surface area contributed by atoms with Crippen LogP contribution >= 0.6 is 11.8 Å². The molecule has 0 aliphatic carbocycles. The summed E-state index contributed by atoms with van der Waals surface area (Å²) in [7, 11) is 0. The lowest BCUT2D eigenvalue weighted by molar-refractivity contribution is -0.140. The van der Waals surface area contributed by atoms with Crippen molar-refractivity contribution >= 4 is 51.1 Å². The Balaban J connectivity index is 0.000000178. The normalized spacial score (nSPS) is 15.1. The minimum absolute atomic E-state index is 0.139. The summed E-state index contributed by atoms with van der Waals surface area (Å²) in [5.41, 5.74) is 5.24. The molecule has 0 spiro atoms. The number of hydrogen-bond donors (Lipinski definition) is 4. The topological polar surface area (TPSA) is 151 Å². The fourth-order valence-electron chi connectivity index (χ4n) is 7.07. The van der Waals surface area contributed by atoms with Gasteiger partial charge in [-0.15, -0.1) is 0 Å². The van der Waals surface area contributed by atoms with Crippen molar-refractivity contribution in [2.24, 2.45) is 0 Å². The molecule has 6 aromatic rings. The van der Waals surface area contributed by atoms with Gasteiger partial charge in [-0.3, -0.25) is 4.79 Å². The second-order valence-electron chi connectivity index (χ2n) is 14.2. The molecule has 2 fully saturated rings. The number of aromatic hydroxyl groups is 2. The number of para-hydroxylation sites is 2. The Labute approximate surface area is 331 Å². The van der Waals surface area contributed by atoms with E-state index in [0.29, 0.717) is 55.4 Å². The number of nitrogens with zero attached hydrogens (tertiary/aromatic N) is 7. The van der Waals surface area contributed by atoms with Gasteiger partial charge in [0.2, 0.25) is 0 Å². The molecule has 2 saturated heterocycles. The van der Waals surface area contributed by atoms with Crippen LogP contribution in [-0.4, -0.2) is 117 Å². The molecule has 12 nitrogen and oxygen atoms in total. The maximum Gasteiger partial charge on any atom is 0.251 e. The quantitative estimate of drug-likeness (QED) is 0.148. The van der Waals surface area contributed by atoms with E-state index in [4.69, 9.17) is 19.9 Å². The molecule has 0 saturated carbocycles. The van der Waals surface area contributed by atoms with Crippen LogP contribution in [0.1, 0.15) is 17.5 Å². The summed E-state index contributed by atoms with van der Waals surface area (Å²) >= 11 is 1.62. The Hall–Kier alpha value is -5.50. The number of piperazine rings is 2. The lowest BCUT2D eigenvalue weighted by Gasteiger charge is -2.36. The maximum absolute atomic E-state index is 12.6. The summed E-state index contributed by atoms with van der Waals surface area (Å²) in [5, 5.41) is 36.1. The highest BCUT2D eigenvalue weighted by Gasteiger charge is 2.28. The highest BCUT2D eigenvalue weighted by atomic mass is 32.2. The molecular formula is C43H48N8O4S. The number of amides is 1. The number of anilines is 2. The van der Waals surface area contributed by atoms with Gasteiger partial charge in [0.05, 0.1) is 22.2 Å². The van der Waals surface area contributed by atoms with Crippen molar-refractivity contribution in [2.75, 3.05) is 74.2 Å². The highest BCUT2D eigenvalue weighted by Crippen LogP contribution is 2.34. The van der Waals surface area contributed by atoms with E-state index in [9.17, 15) is 20.1 Å². The van der Waals surface area contributed by atoms with Gasteiger partial charge in [0, 0.05) is 63.1 Å².